The van der Waals surface area contributed by atoms with Gasteiger partial charge in [0.1, 0.15) is 0 Å². The number of hydrogen-bond donors (Lipinski definition) is 4. The minimum Gasteiger partial charge on any atom is -0.480 e. The van der Waals surface area contributed by atoms with E-state index in [-0.39, 0.29) is 32.1 Å². The van der Waals surface area contributed by atoms with Crippen LogP contribution < -0.4 is 5.32 Å². The predicted molar refractivity (Wildman–Crippen MR) is 218 cm³/mol. The fourth-order valence-electron chi connectivity index (χ4n) is 6.19. The molecule has 0 aliphatic carbocycles. The van der Waals surface area contributed by atoms with Gasteiger partial charge in [0.2, 0.25) is 5.91 Å². The third-order valence-electron chi connectivity index (χ3n) is 9.52. The van der Waals surface area contributed by atoms with Crippen LogP contribution in [0.1, 0.15) is 99.3 Å². The van der Waals surface area contributed by atoms with Gasteiger partial charge < -0.3 is 20.6 Å². The lowest BCUT2D eigenvalue weighted by Gasteiger charge is -2.32. The smallest absolute Gasteiger partial charge is 0.317 e. The maximum absolute atomic E-state index is 13.0. The van der Waals surface area contributed by atoms with Crippen LogP contribution in [0.4, 0.5) is 0 Å². The Morgan fingerprint density at radius 2 is 0.741 bits per heavy atom. The summed E-state index contributed by atoms with van der Waals surface area (Å²) in [6.45, 7) is 16.0. The number of amides is 1. The van der Waals surface area contributed by atoms with Crippen LogP contribution in [-0.2, 0) is 19.2 Å². The maximum Gasteiger partial charge on any atom is 0.317 e. The van der Waals surface area contributed by atoms with E-state index in [1.165, 1.54) is 27.9 Å². The van der Waals surface area contributed by atoms with E-state index in [1.807, 2.05) is 4.90 Å². The van der Waals surface area contributed by atoms with E-state index in [1.54, 1.807) is 14.7 Å². The van der Waals surface area contributed by atoms with Crippen molar-refractivity contribution in [1.29, 1.82) is 0 Å². The van der Waals surface area contributed by atoms with Crippen LogP contribution in [0.5, 0.6) is 0 Å². The van der Waals surface area contributed by atoms with E-state index in [0.717, 1.165) is 57.8 Å². The number of allylic oxidation sites excluding steroid dienone is 9. The number of hydrogen-bond acceptors (Lipinski definition) is 8. The molecule has 0 aromatic rings. The van der Waals surface area contributed by atoms with Crippen molar-refractivity contribution >= 4 is 23.8 Å². The van der Waals surface area contributed by atoms with Crippen LogP contribution in [-0.4, -0.2) is 144 Å². The highest BCUT2D eigenvalue weighted by Gasteiger charge is 2.21. The van der Waals surface area contributed by atoms with Crippen molar-refractivity contribution in [1.82, 2.24) is 24.9 Å². The Hall–Kier alpha value is -3.58. The molecule has 0 unspecified atom stereocenters. The van der Waals surface area contributed by atoms with Crippen molar-refractivity contribution in [3.8, 4) is 0 Å². The first kappa shape index (κ1) is 48.4. The molecule has 0 radical (unpaired) electrons. The van der Waals surface area contributed by atoms with E-state index in [0.29, 0.717) is 58.9 Å². The molecule has 12 nitrogen and oxygen atoms in total. The normalized spacial score (nSPS) is 17.1. The number of nitrogens with one attached hydrogen (secondary N) is 1. The number of carbonyl (C=O) groups excluding carboxylic acids is 1. The molecule has 0 aromatic heterocycles. The van der Waals surface area contributed by atoms with Crippen molar-refractivity contribution in [3.05, 3.63) is 58.2 Å². The zero-order valence-electron chi connectivity index (χ0n) is 34.2. The Morgan fingerprint density at radius 1 is 0.444 bits per heavy atom. The lowest BCUT2D eigenvalue weighted by Crippen LogP contribution is -2.49. The number of nitrogens with zero attached hydrogens (tertiary/aromatic N) is 4. The van der Waals surface area contributed by atoms with Crippen molar-refractivity contribution < 1.29 is 34.5 Å². The van der Waals surface area contributed by atoms with Crippen molar-refractivity contribution in [2.75, 3.05) is 85.1 Å². The zero-order valence-corrected chi connectivity index (χ0v) is 34.2. The van der Waals surface area contributed by atoms with Crippen molar-refractivity contribution in [3.63, 3.8) is 0 Å². The van der Waals surface area contributed by atoms with Gasteiger partial charge in [0.25, 0.3) is 0 Å². The van der Waals surface area contributed by atoms with Gasteiger partial charge in [-0.1, -0.05) is 58.2 Å². The van der Waals surface area contributed by atoms with Gasteiger partial charge in [-0.2, -0.15) is 0 Å². The van der Waals surface area contributed by atoms with Crippen LogP contribution >= 0.6 is 0 Å². The topological polar surface area (TPSA) is 154 Å². The van der Waals surface area contributed by atoms with E-state index >= 15 is 0 Å². The molecule has 1 aliphatic rings. The zero-order chi connectivity index (χ0) is 40.3. The highest BCUT2D eigenvalue weighted by atomic mass is 16.4. The largest absolute Gasteiger partial charge is 0.480 e. The fourth-order valence-corrected chi connectivity index (χ4v) is 6.19. The Bertz CT molecular complexity index is 1280. The summed E-state index contributed by atoms with van der Waals surface area (Å²) in [5.41, 5.74) is 6.92. The molecule has 1 aliphatic heterocycles. The van der Waals surface area contributed by atoms with Gasteiger partial charge in [0.15, 0.2) is 0 Å². The summed E-state index contributed by atoms with van der Waals surface area (Å²) >= 11 is 0. The molecule has 0 saturated carbocycles. The Labute approximate surface area is 325 Å². The van der Waals surface area contributed by atoms with Crippen LogP contribution in [0, 0.1) is 0 Å². The van der Waals surface area contributed by atoms with Crippen molar-refractivity contribution in [2.45, 2.75) is 99.3 Å². The Balaban J connectivity index is 2.54. The van der Waals surface area contributed by atoms with E-state index in [2.05, 4.69) is 77.2 Å². The summed E-state index contributed by atoms with van der Waals surface area (Å²) in [5, 5.41) is 31.2. The lowest BCUT2D eigenvalue weighted by molar-refractivity contribution is -0.140. The quantitative estimate of drug-likeness (QED) is 0.0735. The molecule has 0 aromatic carbocycles. The minimum atomic E-state index is -0.998. The standard InChI is InChI=1S/C42H71N5O7/c1-34(2)12-9-15-37(5)18-10-16-35(3)13-7-8-14-36(4)17-11-19-38(6)20-21-43-39(48)30-44-22-24-45(31-40(49)50)26-28-47(33-42(53)54)29-27-46(25-23-44)32-41(51)52/h12-14,18-19H,7-11,15-17,20-33H2,1-6H3,(H,43,48)(H,49,50)(H,51,52)(H,53,54)/b35-13+,36-14+,37-18+,38-19+. The van der Waals surface area contributed by atoms with Gasteiger partial charge >= 0.3 is 17.9 Å². The molecule has 0 bridgehead atoms. The third-order valence-corrected chi connectivity index (χ3v) is 9.52. The first-order chi connectivity index (χ1) is 25.6. The van der Waals surface area contributed by atoms with Crippen LogP contribution in [0.3, 0.4) is 0 Å². The van der Waals surface area contributed by atoms with Gasteiger partial charge in [-0.15, -0.1) is 0 Å². The Morgan fingerprint density at radius 3 is 1.07 bits per heavy atom. The number of carbonyl (C=O) groups is 4. The molecular formula is C42H71N5O7. The number of carboxylic acids is 3. The Kier molecular flexibility index (Phi) is 25.8. The minimum absolute atomic E-state index is 0.113. The van der Waals surface area contributed by atoms with Crippen LogP contribution in [0.25, 0.3) is 0 Å². The van der Waals surface area contributed by atoms with E-state index in [9.17, 15) is 34.5 Å². The molecule has 4 N–H and O–H groups in total. The second-order valence-corrected chi connectivity index (χ2v) is 15.1. The first-order valence-corrected chi connectivity index (χ1v) is 19.7. The summed E-state index contributed by atoms with van der Waals surface area (Å²) in [6, 6.07) is 0. The lowest BCUT2D eigenvalue weighted by atomic mass is 10.0. The molecule has 12 heteroatoms. The van der Waals surface area contributed by atoms with Gasteiger partial charge in [-0.3, -0.25) is 38.8 Å². The number of carboxylic acid groups (broad SMARTS) is 3. The van der Waals surface area contributed by atoms with Gasteiger partial charge in [-0.05, 0) is 99.3 Å². The molecule has 1 saturated heterocycles. The summed E-state index contributed by atoms with van der Waals surface area (Å²) in [4.78, 5) is 54.5. The van der Waals surface area contributed by atoms with Crippen LogP contribution in [0.2, 0.25) is 0 Å². The highest BCUT2D eigenvalue weighted by Crippen LogP contribution is 2.14. The monoisotopic (exact) mass is 758 g/mol. The number of unbranched alkanes of at least 4 members (excludes halogenated alkanes) is 1. The van der Waals surface area contributed by atoms with Crippen molar-refractivity contribution in [2.24, 2.45) is 0 Å². The SMILES string of the molecule is CC(C)=CCC/C(C)=C/CC/C(C)=C/CC/C=C(\C)CC/C=C(\C)CCNC(=O)CN1CCN(CC(=O)O)CCN(CC(=O)O)CCN(CC(=O)O)CC1. The third kappa shape index (κ3) is 27.1. The number of aliphatic carboxylic acids is 3. The molecular weight excluding hydrogens is 686 g/mol. The predicted octanol–water partition coefficient (Wildman–Crippen LogP) is 5.84. The second-order valence-electron chi connectivity index (χ2n) is 15.1. The fraction of sp³-hybridized carbons (Fsp3) is 0.667. The summed E-state index contributed by atoms with van der Waals surface area (Å²) in [7, 11) is 0. The molecule has 306 valence electrons. The molecule has 0 spiro atoms. The van der Waals surface area contributed by atoms with E-state index in [4.69, 9.17) is 0 Å². The average molecular weight is 758 g/mol. The van der Waals surface area contributed by atoms with Gasteiger partial charge in [0.05, 0.1) is 26.2 Å². The summed E-state index contributed by atoms with van der Waals surface area (Å²) in [5.74, 6) is -3.09. The molecule has 1 rings (SSSR count). The second kappa shape index (κ2) is 28.8. The molecule has 54 heavy (non-hydrogen) atoms. The molecule has 1 amide bonds. The number of rotatable bonds is 23. The maximum atomic E-state index is 13.0. The van der Waals surface area contributed by atoms with Gasteiger partial charge in [0, 0.05) is 58.9 Å². The molecule has 1 heterocycles. The summed E-state index contributed by atoms with van der Waals surface area (Å²) in [6.07, 6.45) is 20.9. The average Bonchev–Trinajstić information content (AvgIpc) is 3.07. The van der Waals surface area contributed by atoms with Crippen LogP contribution in [0.15, 0.2) is 58.2 Å². The van der Waals surface area contributed by atoms with Gasteiger partial charge in [-0.25, -0.2) is 0 Å². The molecule has 1 fully saturated rings. The van der Waals surface area contributed by atoms with E-state index < -0.39 is 17.9 Å². The highest BCUT2D eigenvalue weighted by molar-refractivity contribution is 5.78. The molecule has 0 atom stereocenters. The summed E-state index contributed by atoms with van der Waals surface area (Å²) < 4.78 is 0. The first-order valence-electron chi connectivity index (χ1n) is 19.7.